The Bertz CT molecular complexity index is 833. The molecule has 6 heteroatoms. The first-order valence-electron chi connectivity index (χ1n) is 8.03. The van der Waals surface area contributed by atoms with Gasteiger partial charge < -0.3 is 17.2 Å². The van der Waals surface area contributed by atoms with Gasteiger partial charge in [0.1, 0.15) is 0 Å². The molecule has 1 unspecified atom stereocenters. The molecule has 0 bridgehead atoms. The summed E-state index contributed by atoms with van der Waals surface area (Å²) in [5, 5.41) is 1.24. The normalized spacial score (nSPS) is 14.8. The Morgan fingerprint density at radius 2 is 1.76 bits per heavy atom. The molecule has 2 aromatic carbocycles. The lowest BCUT2D eigenvalue weighted by Gasteiger charge is -2.28. The van der Waals surface area contributed by atoms with Gasteiger partial charge in [-0.15, -0.1) is 0 Å². The van der Waals surface area contributed by atoms with Crippen molar-refractivity contribution in [3.8, 4) is 0 Å². The van der Waals surface area contributed by atoms with Crippen LogP contribution in [0.5, 0.6) is 0 Å². The van der Waals surface area contributed by atoms with Crippen LogP contribution in [0.4, 0.5) is 0 Å². The highest BCUT2D eigenvalue weighted by atomic mass is 32.2. The molecule has 0 aliphatic carbocycles. The molecule has 0 aromatic heterocycles. The van der Waals surface area contributed by atoms with Crippen LogP contribution in [0.2, 0.25) is 0 Å². The Labute approximate surface area is 149 Å². The summed E-state index contributed by atoms with van der Waals surface area (Å²) in [6.07, 6.45) is 0.981. The first-order valence-corrected chi connectivity index (χ1v) is 9.75. The maximum atomic E-state index is 12.6. The monoisotopic (exact) mass is 359 g/mol. The third-order valence-electron chi connectivity index (χ3n) is 4.21. The second-order valence-electron chi connectivity index (χ2n) is 6.44. The van der Waals surface area contributed by atoms with E-state index in [0.717, 1.165) is 16.7 Å². The average molecular weight is 359 g/mol. The molecule has 0 saturated carbocycles. The summed E-state index contributed by atoms with van der Waals surface area (Å²) in [7, 11) is -3.45. The fourth-order valence-corrected chi connectivity index (χ4v) is 4.25. The molecule has 5 nitrogen and oxygen atoms in total. The molecule has 2 aromatic rings. The van der Waals surface area contributed by atoms with Gasteiger partial charge in [-0.1, -0.05) is 61.5 Å². The average Bonchev–Trinajstić information content (AvgIpc) is 2.60. The van der Waals surface area contributed by atoms with Gasteiger partial charge in [0.25, 0.3) is 0 Å². The fraction of sp³-hybridized carbons (Fsp3) is 0.263. The SMILES string of the molecule is CC(CN)(CS(=O)(=O)C=Cc1ccccc1)c1cccc(C(N)N)c1. The lowest BCUT2D eigenvalue weighted by molar-refractivity contribution is 0.522. The molecule has 2 rings (SSSR count). The minimum absolute atomic E-state index is 0.0942. The standard InChI is InChI=1S/C19H25N3O2S/c1-19(13-20,17-9-5-8-16(12-17)18(21)22)14-25(23,24)11-10-15-6-3-2-4-7-15/h2-12,18H,13-14,20-22H2,1H3. The van der Waals surface area contributed by atoms with Gasteiger partial charge in [0.15, 0.2) is 9.84 Å². The summed E-state index contributed by atoms with van der Waals surface area (Å²) in [4.78, 5) is 0. The summed E-state index contributed by atoms with van der Waals surface area (Å²) in [6, 6.07) is 16.6. The van der Waals surface area contributed by atoms with Crippen molar-refractivity contribution in [2.24, 2.45) is 17.2 Å². The van der Waals surface area contributed by atoms with Crippen LogP contribution in [-0.2, 0) is 15.3 Å². The first-order chi connectivity index (χ1) is 11.8. The lowest BCUT2D eigenvalue weighted by atomic mass is 9.83. The van der Waals surface area contributed by atoms with E-state index >= 15 is 0 Å². The van der Waals surface area contributed by atoms with Gasteiger partial charge in [-0.3, -0.25) is 0 Å². The van der Waals surface area contributed by atoms with Crippen molar-refractivity contribution in [1.29, 1.82) is 0 Å². The highest BCUT2D eigenvalue weighted by molar-refractivity contribution is 7.94. The van der Waals surface area contributed by atoms with Crippen molar-refractivity contribution < 1.29 is 8.42 Å². The van der Waals surface area contributed by atoms with Crippen LogP contribution in [0, 0.1) is 0 Å². The predicted octanol–water partition coefficient (Wildman–Crippen LogP) is 1.90. The zero-order chi connectivity index (χ0) is 18.5. The molecule has 0 radical (unpaired) electrons. The summed E-state index contributed by atoms with van der Waals surface area (Å²) in [5.74, 6) is -0.0942. The molecule has 0 spiro atoms. The van der Waals surface area contributed by atoms with Crippen LogP contribution >= 0.6 is 0 Å². The lowest BCUT2D eigenvalue weighted by Crippen LogP contribution is -2.38. The van der Waals surface area contributed by atoms with Gasteiger partial charge in [-0.05, 0) is 22.8 Å². The number of benzene rings is 2. The number of hydrogen-bond acceptors (Lipinski definition) is 5. The van der Waals surface area contributed by atoms with Crippen molar-refractivity contribution >= 4 is 15.9 Å². The predicted molar refractivity (Wildman–Crippen MR) is 103 cm³/mol. The number of hydrogen-bond donors (Lipinski definition) is 3. The molecule has 25 heavy (non-hydrogen) atoms. The summed E-state index contributed by atoms with van der Waals surface area (Å²) in [6.45, 7) is 2.02. The van der Waals surface area contributed by atoms with Gasteiger partial charge >= 0.3 is 0 Å². The summed E-state index contributed by atoms with van der Waals surface area (Å²) in [5.41, 5.74) is 19.0. The molecule has 0 aliphatic heterocycles. The van der Waals surface area contributed by atoms with Crippen molar-refractivity contribution in [1.82, 2.24) is 0 Å². The topological polar surface area (TPSA) is 112 Å². The van der Waals surface area contributed by atoms with Crippen LogP contribution in [0.3, 0.4) is 0 Å². The Hall–Kier alpha value is -1.99. The molecule has 1 atom stereocenters. The van der Waals surface area contributed by atoms with E-state index in [9.17, 15) is 8.42 Å². The van der Waals surface area contributed by atoms with Gasteiger partial charge in [0.2, 0.25) is 0 Å². The van der Waals surface area contributed by atoms with E-state index in [1.54, 1.807) is 6.08 Å². The summed E-state index contributed by atoms with van der Waals surface area (Å²) >= 11 is 0. The maximum Gasteiger partial charge on any atom is 0.172 e. The highest BCUT2D eigenvalue weighted by Crippen LogP contribution is 2.27. The van der Waals surface area contributed by atoms with E-state index in [4.69, 9.17) is 17.2 Å². The highest BCUT2D eigenvalue weighted by Gasteiger charge is 2.30. The van der Waals surface area contributed by atoms with E-state index in [-0.39, 0.29) is 12.3 Å². The van der Waals surface area contributed by atoms with Crippen LogP contribution in [0.25, 0.3) is 6.08 Å². The molecule has 0 aliphatic rings. The zero-order valence-corrected chi connectivity index (χ0v) is 15.1. The number of rotatable bonds is 7. The van der Waals surface area contributed by atoms with Crippen LogP contribution in [0.1, 0.15) is 29.8 Å². The van der Waals surface area contributed by atoms with Crippen LogP contribution < -0.4 is 17.2 Å². The maximum absolute atomic E-state index is 12.6. The van der Waals surface area contributed by atoms with Gasteiger partial charge in [-0.25, -0.2) is 8.42 Å². The second kappa shape index (κ2) is 7.93. The van der Waals surface area contributed by atoms with E-state index in [1.165, 1.54) is 5.41 Å². The minimum atomic E-state index is -3.45. The largest absolute Gasteiger partial charge is 0.330 e. The zero-order valence-electron chi connectivity index (χ0n) is 14.3. The van der Waals surface area contributed by atoms with Crippen molar-refractivity contribution in [2.75, 3.05) is 12.3 Å². The Morgan fingerprint density at radius 3 is 2.36 bits per heavy atom. The Kier molecular flexibility index (Phi) is 6.13. The van der Waals surface area contributed by atoms with Crippen molar-refractivity contribution in [3.05, 3.63) is 76.7 Å². The second-order valence-corrected chi connectivity index (χ2v) is 8.32. The van der Waals surface area contributed by atoms with Gasteiger partial charge in [0, 0.05) is 17.4 Å². The van der Waals surface area contributed by atoms with Crippen molar-refractivity contribution in [2.45, 2.75) is 18.5 Å². The third kappa shape index (κ3) is 5.24. The number of nitrogens with two attached hydrogens (primary N) is 3. The Balaban J connectivity index is 2.27. The smallest absolute Gasteiger partial charge is 0.172 e. The molecular weight excluding hydrogens is 334 g/mol. The van der Waals surface area contributed by atoms with E-state index in [0.29, 0.717) is 0 Å². The van der Waals surface area contributed by atoms with E-state index < -0.39 is 21.4 Å². The molecular formula is C19H25N3O2S. The van der Waals surface area contributed by atoms with Gasteiger partial charge in [0.05, 0.1) is 11.9 Å². The van der Waals surface area contributed by atoms with Crippen LogP contribution in [0.15, 0.2) is 60.0 Å². The van der Waals surface area contributed by atoms with Crippen molar-refractivity contribution in [3.63, 3.8) is 0 Å². The fourth-order valence-electron chi connectivity index (χ4n) is 2.62. The molecule has 0 amide bonds. The molecule has 134 valence electrons. The Morgan fingerprint density at radius 1 is 1.08 bits per heavy atom. The first kappa shape index (κ1) is 19.3. The van der Waals surface area contributed by atoms with E-state index in [1.807, 2.05) is 61.5 Å². The quantitative estimate of drug-likeness (QED) is 0.654. The number of sulfone groups is 1. The van der Waals surface area contributed by atoms with Crippen LogP contribution in [-0.4, -0.2) is 20.7 Å². The summed E-state index contributed by atoms with van der Waals surface area (Å²) < 4.78 is 25.2. The minimum Gasteiger partial charge on any atom is -0.330 e. The van der Waals surface area contributed by atoms with E-state index in [2.05, 4.69) is 0 Å². The van der Waals surface area contributed by atoms with Gasteiger partial charge in [-0.2, -0.15) is 0 Å². The third-order valence-corrected chi connectivity index (χ3v) is 5.80. The molecule has 0 heterocycles. The molecule has 6 N–H and O–H groups in total. The molecule has 0 fully saturated rings. The molecule has 0 saturated heterocycles.